The maximum Gasteiger partial charge on any atom is 0.123 e. The Kier molecular flexibility index (Phi) is 3.43. The van der Waals surface area contributed by atoms with Gasteiger partial charge in [0, 0.05) is 23.2 Å². The summed E-state index contributed by atoms with van der Waals surface area (Å²) in [5, 5.41) is 3.32. The van der Waals surface area contributed by atoms with Crippen molar-refractivity contribution in [3.63, 3.8) is 0 Å². The molecule has 0 saturated carbocycles. The Labute approximate surface area is 135 Å². The minimum absolute atomic E-state index is 0.902. The third-order valence-electron chi connectivity index (χ3n) is 4.26. The van der Waals surface area contributed by atoms with E-state index in [1.807, 2.05) is 0 Å². The Bertz CT molecular complexity index is 806. The number of hydrogen-bond acceptors (Lipinski definition) is 3. The lowest BCUT2D eigenvalue weighted by molar-refractivity contribution is 0.820. The van der Waals surface area contributed by atoms with Crippen molar-refractivity contribution >= 4 is 17.0 Å². The van der Waals surface area contributed by atoms with Crippen LogP contribution in [0.2, 0.25) is 0 Å². The molecule has 1 aromatic heterocycles. The largest absolute Gasteiger partial charge is 0.365 e. The normalized spacial score (nSPS) is 13.4. The topological polar surface area (TPSA) is 16.1 Å². The molecule has 0 atom stereocenters. The predicted octanol–water partition coefficient (Wildman–Crippen LogP) is 4.68. The highest BCUT2D eigenvalue weighted by Crippen LogP contribution is 2.31. The van der Waals surface area contributed by atoms with E-state index in [1.165, 1.54) is 28.1 Å². The Balaban J connectivity index is 1.58. The number of para-hydroxylation sites is 1. The fraction of sp³-hybridized carbons (Fsp3) is 0.211. The lowest BCUT2D eigenvalue weighted by atomic mass is 10.1. The molecule has 0 amide bonds. The van der Waals surface area contributed by atoms with Crippen molar-refractivity contribution in [2.24, 2.45) is 0 Å². The Morgan fingerprint density at radius 1 is 1.09 bits per heavy atom. The molecule has 2 nitrogen and oxygen atoms in total. The molecule has 110 valence electrons. The molecule has 0 spiro atoms. The smallest absolute Gasteiger partial charge is 0.123 e. The number of aryl methyl sites for hydroxylation is 1. The van der Waals surface area contributed by atoms with Crippen molar-refractivity contribution < 1.29 is 0 Å². The van der Waals surface area contributed by atoms with Gasteiger partial charge >= 0.3 is 0 Å². The number of hydrogen-bond donors (Lipinski definition) is 0. The highest BCUT2D eigenvalue weighted by Gasteiger charge is 2.19. The molecule has 1 aliphatic rings. The molecule has 0 aliphatic carbocycles. The van der Waals surface area contributed by atoms with Crippen molar-refractivity contribution in [1.29, 1.82) is 0 Å². The third-order valence-corrected chi connectivity index (χ3v) is 5.19. The molecule has 0 saturated heterocycles. The first kappa shape index (κ1) is 13.5. The van der Waals surface area contributed by atoms with E-state index >= 15 is 0 Å². The van der Waals surface area contributed by atoms with Crippen molar-refractivity contribution in [3.8, 4) is 10.6 Å². The highest BCUT2D eigenvalue weighted by molar-refractivity contribution is 7.13. The number of anilines is 1. The summed E-state index contributed by atoms with van der Waals surface area (Å²) in [6.07, 6.45) is 1.14. The minimum atomic E-state index is 0.902. The van der Waals surface area contributed by atoms with Gasteiger partial charge in [-0.05, 0) is 30.5 Å². The molecule has 22 heavy (non-hydrogen) atoms. The van der Waals surface area contributed by atoms with Crippen molar-refractivity contribution in [3.05, 3.63) is 70.7 Å². The van der Waals surface area contributed by atoms with Gasteiger partial charge in [-0.25, -0.2) is 4.98 Å². The Hall–Kier alpha value is -2.13. The van der Waals surface area contributed by atoms with Gasteiger partial charge in [0.25, 0.3) is 0 Å². The zero-order chi connectivity index (χ0) is 14.9. The number of benzene rings is 2. The van der Waals surface area contributed by atoms with E-state index in [0.717, 1.165) is 24.5 Å². The van der Waals surface area contributed by atoms with Crippen LogP contribution in [-0.2, 0) is 13.0 Å². The number of thiazole rings is 1. The van der Waals surface area contributed by atoms with Gasteiger partial charge in [-0.15, -0.1) is 11.3 Å². The number of fused-ring (bicyclic) bond motifs is 1. The molecule has 2 heterocycles. The summed E-state index contributed by atoms with van der Waals surface area (Å²) in [5.41, 5.74) is 6.53. The number of rotatable bonds is 3. The van der Waals surface area contributed by atoms with Gasteiger partial charge in [0.15, 0.2) is 0 Å². The molecule has 0 unspecified atom stereocenters. The Morgan fingerprint density at radius 2 is 1.91 bits per heavy atom. The minimum Gasteiger partial charge on any atom is -0.365 e. The third kappa shape index (κ3) is 2.42. The summed E-state index contributed by atoms with van der Waals surface area (Å²) in [7, 11) is 0. The van der Waals surface area contributed by atoms with Crippen molar-refractivity contribution in [2.45, 2.75) is 19.9 Å². The molecule has 3 aromatic rings. The van der Waals surface area contributed by atoms with E-state index in [4.69, 9.17) is 4.98 Å². The summed E-state index contributed by atoms with van der Waals surface area (Å²) in [6.45, 7) is 4.14. The Morgan fingerprint density at radius 3 is 2.82 bits per heavy atom. The van der Waals surface area contributed by atoms with Gasteiger partial charge in [-0.1, -0.05) is 42.5 Å². The quantitative estimate of drug-likeness (QED) is 0.698. The van der Waals surface area contributed by atoms with Crippen LogP contribution in [-0.4, -0.2) is 11.5 Å². The van der Waals surface area contributed by atoms with Crippen LogP contribution in [0.5, 0.6) is 0 Å². The molecule has 2 aromatic carbocycles. The monoisotopic (exact) mass is 306 g/mol. The van der Waals surface area contributed by atoms with Crippen LogP contribution in [0.1, 0.15) is 16.8 Å². The molecular weight excluding hydrogens is 288 g/mol. The van der Waals surface area contributed by atoms with E-state index in [-0.39, 0.29) is 0 Å². The zero-order valence-corrected chi connectivity index (χ0v) is 13.4. The van der Waals surface area contributed by atoms with E-state index in [9.17, 15) is 0 Å². The second-order valence-corrected chi connectivity index (χ2v) is 6.62. The van der Waals surface area contributed by atoms with Crippen LogP contribution in [0.4, 0.5) is 5.69 Å². The molecule has 0 fully saturated rings. The van der Waals surface area contributed by atoms with Gasteiger partial charge in [0.1, 0.15) is 5.01 Å². The summed E-state index contributed by atoms with van der Waals surface area (Å²) in [6, 6.07) is 17.2. The zero-order valence-electron chi connectivity index (χ0n) is 12.6. The van der Waals surface area contributed by atoms with Crippen LogP contribution in [0.25, 0.3) is 10.6 Å². The van der Waals surface area contributed by atoms with Crippen LogP contribution < -0.4 is 4.90 Å². The standard InChI is InChI=1S/C19H18N2S/c1-14-6-2-4-8-17(14)19-20-16(13-22-19)12-21-11-10-15-7-3-5-9-18(15)21/h2-9,13H,10-12H2,1H3. The first-order valence-corrected chi connectivity index (χ1v) is 8.52. The summed E-state index contributed by atoms with van der Waals surface area (Å²) < 4.78 is 0. The van der Waals surface area contributed by atoms with Crippen molar-refractivity contribution in [1.82, 2.24) is 4.98 Å². The average Bonchev–Trinajstić information content (AvgIpc) is 3.16. The molecule has 1 aliphatic heterocycles. The maximum atomic E-state index is 4.85. The van der Waals surface area contributed by atoms with E-state index in [0.29, 0.717) is 0 Å². The molecule has 0 N–H and O–H groups in total. The maximum absolute atomic E-state index is 4.85. The van der Waals surface area contributed by atoms with Crippen LogP contribution >= 0.6 is 11.3 Å². The van der Waals surface area contributed by atoms with Crippen LogP contribution in [0.3, 0.4) is 0 Å². The molecule has 0 bridgehead atoms. The molecule has 4 rings (SSSR count). The summed E-state index contributed by atoms with van der Waals surface area (Å²) in [4.78, 5) is 7.29. The fourth-order valence-electron chi connectivity index (χ4n) is 3.08. The average molecular weight is 306 g/mol. The van der Waals surface area contributed by atoms with Crippen molar-refractivity contribution in [2.75, 3.05) is 11.4 Å². The highest BCUT2D eigenvalue weighted by atomic mass is 32.1. The first-order chi connectivity index (χ1) is 10.8. The lowest BCUT2D eigenvalue weighted by Gasteiger charge is -2.17. The van der Waals surface area contributed by atoms with E-state index in [2.05, 4.69) is 65.7 Å². The molecular formula is C19H18N2S. The molecule has 0 radical (unpaired) electrons. The fourth-order valence-corrected chi connectivity index (χ4v) is 3.98. The van der Waals surface area contributed by atoms with Gasteiger partial charge in [0.2, 0.25) is 0 Å². The molecule has 3 heteroatoms. The van der Waals surface area contributed by atoms with E-state index in [1.54, 1.807) is 11.3 Å². The number of aromatic nitrogens is 1. The summed E-state index contributed by atoms with van der Waals surface area (Å²) in [5.74, 6) is 0. The predicted molar refractivity (Wildman–Crippen MR) is 93.5 cm³/mol. The SMILES string of the molecule is Cc1ccccc1-c1nc(CN2CCc3ccccc32)cs1. The van der Waals surface area contributed by atoms with Crippen LogP contribution in [0, 0.1) is 6.92 Å². The lowest BCUT2D eigenvalue weighted by Crippen LogP contribution is -2.19. The first-order valence-electron chi connectivity index (χ1n) is 7.64. The van der Waals surface area contributed by atoms with Gasteiger partial charge < -0.3 is 4.90 Å². The van der Waals surface area contributed by atoms with Gasteiger partial charge in [-0.2, -0.15) is 0 Å². The second kappa shape index (κ2) is 5.58. The van der Waals surface area contributed by atoms with Gasteiger partial charge in [0.05, 0.1) is 12.2 Å². The second-order valence-electron chi connectivity index (χ2n) is 5.76. The summed E-state index contributed by atoms with van der Waals surface area (Å²) >= 11 is 1.74. The van der Waals surface area contributed by atoms with Gasteiger partial charge in [-0.3, -0.25) is 0 Å². The number of nitrogens with zero attached hydrogens (tertiary/aromatic N) is 2. The van der Waals surface area contributed by atoms with Crippen LogP contribution in [0.15, 0.2) is 53.9 Å². The van der Waals surface area contributed by atoms with E-state index < -0.39 is 0 Å².